The van der Waals surface area contributed by atoms with Crippen molar-refractivity contribution in [2.45, 2.75) is 6.42 Å². The molecule has 1 aromatic carbocycles. The van der Waals surface area contributed by atoms with Gasteiger partial charge >= 0.3 is 0 Å². The smallest absolute Gasteiger partial charge is 0.191 e. The first-order valence-electron chi connectivity index (χ1n) is 6.69. The number of rotatable bonds is 4. The van der Waals surface area contributed by atoms with E-state index in [0.717, 1.165) is 25.1 Å². The summed E-state index contributed by atoms with van der Waals surface area (Å²) in [5, 5.41) is 9.53. The molecule has 1 heterocycles. The van der Waals surface area contributed by atoms with Crippen LogP contribution >= 0.6 is 24.0 Å². The number of aromatic hydroxyl groups is 1. The summed E-state index contributed by atoms with van der Waals surface area (Å²) < 4.78 is 10.3. The average molecular weight is 407 g/mol. The fourth-order valence-electron chi connectivity index (χ4n) is 2.07. The van der Waals surface area contributed by atoms with Crippen LogP contribution in [0.4, 0.5) is 0 Å². The predicted molar refractivity (Wildman–Crippen MR) is 92.7 cm³/mol. The Hall–Kier alpha value is -1.22. The van der Waals surface area contributed by atoms with Gasteiger partial charge in [0.25, 0.3) is 0 Å². The molecule has 6 nitrogen and oxygen atoms in total. The van der Waals surface area contributed by atoms with E-state index in [2.05, 4.69) is 4.99 Å². The Morgan fingerprint density at radius 3 is 2.81 bits per heavy atom. The van der Waals surface area contributed by atoms with E-state index in [-0.39, 0.29) is 29.7 Å². The molecule has 0 amide bonds. The zero-order valence-electron chi connectivity index (χ0n) is 12.1. The zero-order chi connectivity index (χ0) is 14.4. The molecule has 1 aliphatic heterocycles. The summed E-state index contributed by atoms with van der Waals surface area (Å²) in [5.74, 6) is 1.19. The van der Waals surface area contributed by atoms with Gasteiger partial charge in [0.15, 0.2) is 17.5 Å². The standard InChI is InChI=1S/C14H21N3O3.HI/c1-19-13-10-11(2-3-12(13)18)4-5-16-14(15)17-6-8-20-9-7-17;/h2-3,10,18H,4-9H2,1H3,(H2,15,16);1H. The fourth-order valence-corrected chi connectivity index (χ4v) is 2.07. The zero-order valence-corrected chi connectivity index (χ0v) is 14.4. The second-order valence-electron chi connectivity index (χ2n) is 4.60. The summed E-state index contributed by atoms with van der Waals surface area (Å²) in [6.45, 7) is 3.60. The maximum Gasteiger partial charge on any atom is 0.191 e. The molecule has 2 rings (SSSR count). The lowest BCUT2D eigenvalue weighted by molar-refractivity contribution is 0.0674. The van der Waals surface area contributed by atoms with Crippen LogP contribution in [0.2, 0.25) is 0 Å². The largest absolute Gasteiger partial charge is 0.504 e. The third-order valence-electron chi connectivity index (χ3n) is 3.25. The summed E-state index contributed by atoms with van der Waals surface area (Å²) in [6, 6.07) is 5.30. The van der Waals surface area contributed by atoms with Gasteiger partial charge in [-0.05, 0) is 24.1 Å². The highest BCUT2D eigenvalue weighted by atomic mass is 127. The Kier molecular flexibility index (Phi) is 7.58. The van der Waals surface area contributed by atoms with Gasteiger partial charge in [0.1, 0.15) is 0 Å². The maximum atomic E-state index is 9.53. The first kappa shape index (κ1) is 17.8. The summed E-state index contributed by atoms with van der Waals surface area (Å²) in [6.07, 6.45) is 0.752. The Morgan fingerprint density at radius 1 is 1.43 bits per heavy atom. The molecule has 7 heteroatoms. The monoisotopic (exact) mass is 407 g/mol. The van der Waals surface area contributed by atoms with Crippen LogP contribution < -0.4 is 10.5 Å². The first-order valence-corrected chi connectivity index (χ1v) is 6.69. The van der Waals surface area contributed by atoms with E-state index in [1.54, 1.807) is 6.07 Å². The highest BCUT2D eigenvalue weighted by molar-refractivity contribution is 14.0. The molecule has 0 radical (unpaired) electrons. The van der Waals surface area contributed by atoms with Crippen molar-refractivity contribution in [1.82, 2.24) is 4.90 Å². The molecule has 1 fully saturated rings. The van der Waals surface area contributed by atoms with Crippen LogP contribution in [0, 0.1) is 0 Å². The number of phenolic OH excluding ortho intramolecular Hbond substituents is 1. The maximum absolute atomic E-state index is 9.53. The Labute approximate surface area is 142 Å². The minimum absolute atomic E-state index is 0. The van der Waals surface area contributed by atoms with E-state index >= 15 is 0 Å². The Bertz CT molecular complexity index is 477. The van der Waals surface area contributed by atoms with Gasteiger partial charge in [-0.3, -0.25) is 4.99 Å². The molecule has 0 saturated carbocycles. The van der Waals surface area contributed by atoms with Crippen LogP contribution in [0.3, 0.4) is 0 Å². The number of guanidine groups is 1. The summed E-state index contributed by atoms with van der Waals surface area (Å²) in [4.78, 5) is 6.41. The number of methoxy groups -OCH3 is 1. The van der Waals surface area contributed by atoms with Crippen LogP contribution in [0.25, 0.3) is 0 Å². The van der Waals surface area contributed by atoms with E-state index in [9.17, 15) is 5.11 Å². The number of nitrogens with two attached hydrogens (primary N) is 1. The van der Waals surface area contributed by atoms with Gasteiger partial charge in [0.2, 0.25) is 0 Å². The van der Waals surface area contributed by atoms with Gasteiger partial charge < -0.3 is 25.2 Å². The molecule has 1 saturated heterocycles. The van der Waals surface area contributed by atoms with Crippen molar-refractivity contribution in [3.05, 3.63) is 23.8 Å². The van der Waals surface area contributed by atoms with E-state index in [1.165, 1.54) is 7.11 Å². The third-order valence-corrected chi connectivity index (χ3v) is 3.25. The molecule has 0 spiro atoms. The Morgan fingerprint density at radius 2 is 2.14 bits per heavy atom. The molecular weight excluding hydrogens is 385 g/mol. The lowest BCUT2D eigenvalue weighted by Crippen LogP contribution is -2.44. The second-order valence-corrected chi connectivity index (χ2v) is 4.60. The topological polar surface area (TPSA) is 80.3 Å². The van der Waals surface area contributed by atoms with Crippen LogP contribution in [0.1, 0.15) is 5.56 Å². The van der Waals surface area contributed by atoms with Crippen molar-refractivity contribution in [3.63, 3.8) is 0 Å². The summed E-state index contributed by atoms with van der Waals surface area (Å²) in [7, 11) is 1.54. The molecule has 1 aromatic rings. The van der Waals surface area contributed by atoms with Crippen molar-refractivity contribution in [2.75, 3.05) is 40.0 Å². The van der Waals surface area contributed by atoms with Crippen LogP contribution in [-0.4, -0.2) is 55.9 Å². The van der Waals surface area contributed by atoms with Crippen LogP contribution in [0.15, 0.2) is 23.2 Å². The number of hydrogen-bond acceptors (Lipinski definition) is 4. The number of aliphatic imine (C=N–C) groups is 1. The Balaban J connectivity index is 0.00000220. The molecule has 0 bridgehead atoms. The highest BCUT2D eigenvalue weighted by Gasteiger charge is 2.11. The van der Waals surface area contributed by atoms with E-state index in [0.29, 0.717) is 31.5 Å². The molecular formula is C14H22IN3O3. The fraction of sp³-hybridized carbons (Fsp3) is 0.500. The number of halogens is 1. The third kappa shape index (κ3) is 5.24. The normalized spacial score (nSPS) is 15.5. The van der Waals surface area contributed by atoms with Crippen molar-refractivity contribution in [2.24, 2.45) is 10.7 Å². The van der Waals surface area contributed by atoms with Gasteiger partial charge in [-0.25, -0.2) is 0 Å². The quantitative estimate of drug-likeness (QED) is 0.446. The van der Waals surface area contributed by atoms with Gasteiger partial charge in [0, 0.05) is 19.6 Å². The van der Waals surface area contributed by atoms with Gasteiger partial charge in [0.05, 0.1) is 20.3 Å². The van der Waals surface area contributed by atoms with Gasteiger partial charge in [-0.1, -0.05) is 6.07 Å². The molecule has 3 N–H and O–H groups in total. The van der Waals surface area contributed by atoms with Crippen LogP contribution in [0.5, 0.6) is 11.5 Å². The number of phenols is 1. The number of hydrogen-bond donors (Lipinski definition) is 2. The van der Waals surface area contributed by atoms with Crippen molar-refractivity contribution in [1.29, 1.82) is 0 Å². The van der Waals surface area contributed by atoms with Crippen molar-refractivity contribution in [3.8, 4) is 11.5 Å². The predicted octanol–water partition coefficient (Wildman–Crippen LogP) is 1.21. The minimum Gasteiger partial charge on any atom is -0.504 e. The molecule has 21 heavy (non-hydrogen) atoms. The van der Waals surface area contributed by atoms with Crippen LogP contribution in [-0.2, 0) is 11.2 Å². The van der Waals surface area contributed by atoms with E-state index in [4.69, 9.17) is 15.2 Å². The SMILES string of the molecule is COc1cc(CCN=C(N)N2CCOCC2)ccc1O.I. The summed E-state index contributed by atoms with van der Waals surface area (Å²) >= 11 is 0. The first-order chi connectivity index (χ1) is 9.70. The average Bonchev–Trinajstić information content (AvgIpc) is 2.49. The molecule has 0 aromatic heterocycles. The van der Waals surface area contributed by atoms with Crippen molar-refractivity contribution >= 4 is 29.9 Å². The van der Waals surface area contributed by atoms with E-state index in [1.807, 2.05) is 17.0 Å². The lowest BCUT2D eigenvalue weighted by atomic mass is 10.1. The van der Waals surface area contributed by atoms with Gasteiger partial charge in [-0.15, -0.1) is 24.0 Å². The number of nitrogens with zero attached hydrogens (tertiary/aromatic N) is 2. The lowest BCUT2D eigenvalue weighted by Gasteiger charge is -2.27. The molecule has 1 aliphatic rings. The number of benzene rings is 1. The highest BCUT2D eigenvalue weighted by Crippen LogP contribution is 2.26. The molecule has 118 valence electrons. The number of morpholine rings is 1. The summed E-state index contributed by atoms with van der Waals surface area (Å²) in [5.41, 5.74) is 7.00. The molecule has 0 atom stereocenters. The second kappa shape index (κ2) is 8.93. The van der Waals surface area contributed by atoms with E-state index < -0.39 is 0 Å². The minimum atomic E-state index is 0. The van der Waals surface area contributed by atoms with Gasteiger partial charge in [-0.2, -0.15) is 0 Å². The van der Waals surface area contributed by atoms with Crippen molar-refractivity contribution < 1.29 is 14.6 Å². The molecule has 0 unspecified atom stereocenters. The number of ether oxygens (including phenoxy) is 2. The molecule has 0 aliphatic carbocycles.